The van der Waals surface area contributed by atoms with E-state index in [0.29, 0.717) is 24.2 Å². The monoisotopic (exact) mass is 347 g/mol. The van der Waals surface area contributed by atoms with Crippen molar-refractivity contribution in [2.24, 2.45) is 0 Å². The van der Waals surface area contributed by atoms with Gasteiger partial charge in [-0.2, -0.15) is 0 Å². The molecule has 0 aliphatic carbocycles. The van der Waals surface area contributed by atoms with Crippen LogP contribution in [0.5, 0.6) is 5.75 Å². The Labute approximate surface area is 144 Å². The third-order valence-electron chi connectivity index (χ3n) is 3.76. The number of amides is 1. The van der Waals surface area contributed by atoms with Crippen LogP contribution in [0, 0.1) is 6.92 Å². The minimum Gasteiger partial charge on any atom is -0.483 e. The van der Waals surface area contributed by atoms with Crippen molar-refractivity contribution in [2.45, 2.75) is 33.1 Å². The van der Waals surface area contributed by atoms with E-state index in [9.17, 15) is 14.4 Å². The largest absolute Gasteiger partial charge is 0.483 e. The van der Waals surface area contributed by atoms with Gasteiger partial charge < -0.3 is 19.6 Å². The zero-order valence-corrected chi connectivity index (χ0v) is 14.3. The molecule has 0 radical (unpaired) electrons. The van der Waals surface area contributed by atoms with E-state index < -0.39 is 11.6 Å². The van der Waals surface area contributed by atoms with Crippen molar-refractivity contribution in [3.8, 4) is 5.75 Å². The van der Waals surface area contributed by atoms with Gasteiger partial charge in [-0.3, -0.25) is 9.59 Å². The van der Waals surface area contributed by atoms with Crippen LogP contribution in [0.4, 0.5) is 0 Å². The molecule has 0 saturated heterocycles. The highest BCUT2D eigenvalue weighted by molar-refractivity contribution is 5.83. The molecule has 1 aromatic heterocycles. The summed E-state index contributed by atoms with van der Waals surface area (Å²) in [4.78, 5) is 33.7. The molecule has 0 aliphatic rings. The van der Waals surface area contributed by atoms with Crippen LogP contribution in [0.1, 0.15) is 30.9 Å². The van der Waals surface area contributed by atoms with Gasteiger partial charge in [-0.15, -0.1) is 0 Å². The van der Waals surface area contributed by atoms with E-state index in [1.165, 1.54) is 6.07 Å². The Morgan fingerprint density at radius 1 is 1.28 bits per heavy atom. The lowest BCUT2D eigenvalue weighted by Crippen LogP contribution is -2.30. The third kappa shape index (κ3) is 5.07. The second-order valence-electron chi connectivity index (χ2n) is 5.69. The summed E-state index contributed by atoms with van der Waals surface area (Å²) in [5.41, 5.74) is 1.71. The summed E-state index contributed by atoms with van der Waals surface area (Å²) in [6.07, 6.45) is 1.07. The summed E-state index contributed by atoms with van der Waals surface area (Å²) < 4.78 is 10.8. The van der Waals surface area contributed by atoms with Crippen LogP contribution in [0.25, 0.3) is 11.0 Å². The van der Waals surface area contributed by atoms with Crippen LogP contribution in [0.15, 0.2) is 27.4 Å². The minimum atomic E-state index is -0.897. The summed E-state index contributed by atoms with van der Waals surface area (Å²) in [6, 6.07) is 4.96. The molecule has 0 aliphatic heterocycles. The van der Waals surface area contributed by atoms with Gasteiger partial charge in [0.05, 0.1) is 0 Å². The van der Waals surface area contributed by atoms with Gasteiger partial charge in [-0.25, -0.2) is 4.79 Å². The van der Waals surface area contributed by atoms with E-state index in [1.54, 1.807) is 6.07 Å². The lowest BCUT2D eigenvalue weighted by molar-refractivity contribution is -0.137. The molecule has 7 nitrogen and oxygen atoms in total. The molecular formula is C18H21NO6. The van der Waals surface area contributed by atoms with Crippen molar-refractivity contribution in [1.82, 2.24) is 5.32 Å². The first-order chi connectivity index (χ1) is 11.9. The molecule has 0 fully saturated rings. The van der Waals surface area contributed by atoms with Gasteiger partial charge in [0.25, 0.3) is 5.91 Å². The molecule has 2 aromatic rings. The van der Waals surface area contributed by atoms with Gasteiger partial charge >= 0.3 is 11.6 Å². The number of aliphatic carboxylic acids is 1. The second kappa shape index (κ2) is 8.32. The van der Waals surface area contributed by atoms with Crippen LogP contribution in [0.2, 0.25) is 0 Å². The maximum absolute atomic E-state index is 11.8. The highest BCUT2D eigenvalue weighted by Gasteiger charge is 2.11. The van der Waals surface area contributed by atoms with Crippen LogP contribution < -0.4 is 15.7 Å². The van der Waals surface area contributed by atoms with E-state index >= 15 is 0 Å². The number of hydrogen-bond acceptors (Lipinski definition) is 5. The number of carboxylic acid groups (broad SMARTS) is 1. The van der Waals surface area contributed by atoms with Crippen molar-refractivity contribution in [3.05, 3.63) is 39.7 Å². The normalized spacial score (nSPS) is 10.6. The maximum Gasteiger partial charge on any atom is 0.336 e. The molecule has 0 unspecified atom stereocenters. The fourth-order valence-electron chi connectivity index (χ4n) is 2.46. The molecule has 0 saturated carbocycles. The molecule has 134 valence electrons. The number of hydrogen-bond donors (Lipinski definition) is 2. The number of rotatable bonds is 8. The Morgan fingerprint density at radius 3 is 2.72 bits per heavy atom. The molecule has 1 aromatic carbocycles. The molecule has 0 atom stereocenters. The topological polar surface area (TPSA) is 106 Å². The average molecular weight is 347 g/mol. The van der Waals surface area contributed by atoms with E-state index in [-0.39, 0.29) is 25.5 Å². The zero-order valence-electron chi connectivity index (χ0n) is 14.3. The summed E-state index contributed by atoms with van der Waals surface area (Å²) in [7, 11) is 0. The van der Waals surface area contributed by atoms with Crippen molar-refractivity contribution in [3.63, 3.8) is 0 Å². The van der Waals surface area contributed by atoms with Crippen molar-refractivity contribution >= 4 is 22.8 Å². The predicted molar refractivity (Wildman–Crippen MR) is 92.0 cm³/mol. The van der Waals surface area contributed by atoms with Crippen molar-refractivity contribution in [1.29, 1.82) is 0 Å². The number of aryl methyl sites for hydroxylation is 2. The smallest absolute Gasteiger partial charge is 0.336 e. The summed E-state index contributed by atoms with van der Waals surface area (Å²) in [6.45, 7) is 3.89. The number of benzene rings is 1. The molecule has 1 heterocycles. The SMILES string of the molecule is CCc1cc2c(C)cc(=O)oc2cc1OCC(=O)NCCCC(=O)O. The second-order valence-corrected chi connectivity index (χ2v) is 5.69. The highest BCUT2D eigenvalue weighted by atomic mass is 16.5. The first-order valence-corrected chi connectivity index (χ1v) is 8.09. The molecule has 25 heavy (non-hydrogen) atoms. The lowest BCUT2D eigenvalue weighted by Gasteiger charge is -2.12. The predicted octanol–water partition coefficient (Wildman–Crippen LogP) is 2.02. The van der Waals surface area contributed by atoms with Crippen molar-refractivity contribution < 1.29 is 23.8 Å². The Bertz CT molecular complexity index is 839. The van der Waals surface area contributed by atoms with Gasteiger partial charge in [0.2, 0.25) is 0 Å². The Morgan fingerprint density at radius 2 is 2.04 bits per heavy atom. The van der Waals surface area contributed by atoms with E-state index in [4.69, 9.17) is 14.3 Å². The highest BCUT2D eigenvalue weighted by Crippen LogP contribution is 2.27. The maximum atomic E-state index is 11.8. The van der Waals surface area contributed by atoms with Crippen LogP contribution >= 0.6 is 0 Å². The third-order valence-corrected chi connectivity index (χ3v) is 3.76. The van der Waals surface area contributed by atoms with Crippen LogP contribution in [-0.2, 0) is 16.0 Å². The van der Waals surface area contributed by atoms with Gasteiger partial charge in [0.1, 0.15) is 11.3 Å². The number of ether oxygens (including phenoxy) is 1. The van der Waals surface area contributed by atoms with Crippen molar-refractivity contribution in [2.75, 3.05) is 13.2 Å². The summed E-state index contributed by atoms with van der Waals surface area (Å²) in [5, 5.41) is 12.0. The number of carbonyl (C=O) groups excluding carboxylic acids is 1. The molecule has 0 bridgehead atoms. The number of carbonyl (C=O) groups is 2. The lowest BCUT2D eigenvalue weighted by atomic mass is 10.1. The first kappa shape index (κ1) is 18.5. The fraction of sp³-hybridized carbons (Fsp3) is 0.389. The quantitative estimate of drug-likeness (QED) is 0.559. The van der Waals surface area contributed by atoms with Gasteiger partial charge in [0, 0.05) is 30.5 Å². The van der Waals surface area contributed by atoms with Gasteiger partial charge in [-0.05, 0) is 37.0 Å². The van der Waals surface area contributed by atoms with E-state index in [0.717, 1.165) is 16.5 Å². The molecule has 7 heteroatoms. The standard InChI is InChI=1S/C18H21NO6/c1-3-12-8-13-11(2)7-18(23)25-15(13)9-14(12)24-10-16(20)19-6-4-5-17(21)22/h7-9H,3-6,10H2,1-2H3,(H,19,20)(H,21,22). The molecular weight excluding hydrogens is 326 g/mol. The molecule has 0 spiro atoms. The number of nitrogens with one attached hydrogen (secondary N) is 1. The van der Waals surface area contributed by atoms with Gasteiger partial charge in [0.15, 0.2) is 6.61 Å². The zero-order chi connectivity index (χ0) is 18.4. The Balaban J connectivity index is 2.06. The van der Waals surface area contributed by atoms with Crippen LogP contribution in [0.3, 0.4) is 0 Å². The van der Waals surface area contributed by atoms with E-state index in [2.05, 4.69) is 5.32 Å². The number of fused-ring (bicyclic) bond motifs is 1. The van der Waals surface area contributed by atoms with E-state index in [1.807, 2.05) is 19.9 Å². The summed E-state index contributed by atoms with van der Waals surface area (Å²) >= 11 is 0. The minimum absolute atomic E-state index is 0.00415. The van der Waals surface area contributed by atoms with Gasteiger partial charge in [-0.1, -0.05) is 6.92 Å². The Hall–Kier alpha value is -2.83. The molecule has 2 rings (SSSR count). The molecule has 1 amide bonds. The Kier molecular flexibility index (Phi) is 6.16. The van der Waals surface area contributed by atoms with Crippen LogP contribution in [-0.4, -0.2) is 30.1 Å². The first-order valence-electron chi connectivity index (χ1n) is 8.09. The number of carboxylic acids is 1. The molecule has 2 N–H and O–H groups in total. The summed E-state index contributed by atoms with van der Waals surface area (Å²) in [5.74, 6) is -0.742. The fourth-order valence-corrected chi connectivity index (χ4v) is 2.46. The average Bonchev–Trinajstić information content (AvgIpc) is 2.55.